The van der Waals surface area contributed by atoms with Crippen molar-refractivity contribution in [1.82, 2.24) is 5.32 Å². The highest BCUT2D eigenvalue weighted by molar-refractivity contribution is 8.00. The maximum atomic E-state index is 11.4. The number of thioether (sulfide) groups is 1. The Morgan fingerprint density at radius 2 is 2.23 bits per heavy atom. The predicted molar refractivity (Wildman–Crippen MR) is 55.8 cm³/mol. The molecule has 1 spiro atoms. The molecule has 1 N–H and O–H groups in total. The van der Waals surface area contributed by atoms with Crippen LogP contribution in [-0.2, 0) is 4.79 Å². The van der Waals surface area contributed by atoms with Crippen molar-refractivity contribution in [3.05, 3.63) is 0 Å². The van der Waals surface area contributed by atoms with Crippen molar-refractivity contribution < 1.29 is 4.79 Å². The molecule has 0 aromatic rings. The van der Waals surface area contributed by atoms with Gasteiger partial charge >= 0.3 is 0 Å². The van der Waals surface area contributed by atoms with Crippen LogP contribution in [0.2, 0.25) is 0 Å². The molecule has 2 unspecified atom stereocenters. The van der Waals surface area contributed by atoms with Gasteiger partial charge < -0.3 is 5.32 Å². The number of rotatable bonds is 0. The van der Waals surface area contributed by atoms with Gasteiger partial charge in [-0.2, -0.15) is 11.8 Å². The summed E-state index contributed by atoms with van der Waals surface area (Å²) in [6, 6.07) is 0. The van der Waals surface area contributed by atoms with Gasteiger partial charge in [0.25, 0.3) is 0 Å². The molecule has 0 aromatic heterocycles. The van der Waals surface area contributed by atoms with E-state index >= 15 is 0 Å². The molecule has 1 amide bonds. The van der Waals surface area contributed by atoms with Gasteiger partial charge in [0.15, 0.2) is 0 Å². The third kappa shape index (κ3) is 1.13. The van der Waals surface area contributed by atoms with Gasteiger partial charge in [-0.1, -0.05) is 6.92 Å². The first-order chi connectivity index (χ1) is 5.98. The number of hydrogen-bond donors (Lipinski definition) is 1. The molecule has 74 valence electrons. The monoisotopic (exact) mass is 199 g/mol. The Hall–Kier alpha value is -0.180. The van der Waals surface area contributed by atoms with Crippen molar-refractivity contribution in [3.63, 3.8) is 0 Å². The first-order valence-electron chi connectivity index (χ1n) is 4.91. The number of nitrogens with one attached hydrogen (secondary N) is 1. The van der Waals surface area contributed by atoms with Gasteiger partial charge in [-0.3, -0.25) is 4.79 Å². The molecule has 2 heterocycles. The maximum Gasteiger partial charge on any atom is 0.221 e. The Kier molecular flexibility index (Phi) is 1.92. The molecule has 0 aliphatic carbocycles. The van der Waals surface area contributed by atoms with Crippen molar-refractivity contribution in [2.75, 3.05) is 5.75 Å². The summed E-state index contributed by atoms with van der Waals surface area (Å²) in [6.07, 6.45) is 1.92. The highest BCUT2D eigenvalue weighted by atomic mass is 32.2. The van der Waals surface area contributed by atoms with Crippen LogP contribution in [0.25, 0.3) is 0 Å². The third-order valence-corrected chi connectivity index (χ3v) is 5.26. The molecule has 0 bridgehead atoms. The number of hydrogen-bond acceptors (Lipinski definition) is 2. The van der Waals surface area contributed by atoms with E-state index < -0.39 is 0 Å². The van der Waals surface area contributed by atoms with Gasteiger partial charge in [0.2, 0.25) is 5.91 Å². The Labute approximate surface area is 83.8 Å². The van der Waals surface area contributed by atoms with Crippen LogP contribution >= 0.6 is 11.8 Å². The summed E-state index contributed by atoms with van der Waals surface area (Å²) >= 11 is 2.01. The lowest BCUT2D eigenvalue weighted by atomic mass is 9.68. The van der Waals surface area contributed by atoms with Crippen LogP contribution in [0, 0.1) is 5.41 Å². The first-order valence-corrected chi connectivity index (χ1v) is 5.95. The second-order valence-electron chi connectivity index (χ2n) is 4.77. The second kappa shape index (κ2) is 2.66. The molecule has 2 rings (SSSR count). The van der Waals surface area contributed by atoms with Crippen molar-refractivity contribution >= 4 is 17.7 Å². The van der Waals surface area contributed by atoms with E-state index in [4.69, 9.17) is 0 Å². The van der Waals surface area contributed by atoms with Crippen LogP contribution in [0.1, 0.15) is 33.6 Å². The van der Waals surface area contributed by atoms with Crippen molar-refractivity contribution in [2.45, 2.75) is 44.4 Å². The molecule has 2 nitrogen and oxygen atoms in total. The Balaban J connectivity index is 2.35. The molecule has 2 saturated heterocycles. The molecule has 0 radical (unpaired) electrons. The summed E-state index contributed by atoms with van der Waals surface area (Å²) in [6.45, 7) is 6.60. The van der Waals surface area contributed by atoms with E-state index in [0.717, 1.165) is 6.42 Å². The van der Waals surface area contributed by atoms with E-state index in [1.165, 1.54) is 12.2 Å². The molecular formula is C10H17NOS. The third-order valence-electron chi connectivity index (χ3n) is 3.87. The lowest BCUT2D eigenvalue weighted by molar-refractivity contribution is -0.119. The molecule has 2 aliphatic rings. The van der Waals surface area contributed by atoms with Gasteiger partial charge in [0.05, 0.1) is 0 Å². The lowest BCUT2D eigenvalue weighted by Gasteiger charge is -2.39. The molecule has 0 aromatic carbocycles. The Morgan fingerprint density at radius 3 is 2.62 bits per heavy atom. The quantitative estimate of drug-likeness (QED) is 0.644. The molecule has 2 aliphatic heterocycles. The second-order valence-corrected chi connectivity index (χ2v) is 6.22. The van der Waals surface area contributed by atoms with E-state index in [1.807, 2.05) is 11.8 Å². The fourth-order valence-corrected chi connectivity index (χ4v) is 4.51. The summed E-state index contributed by atoms with van der Waals surface area (Å²) < 4.78 is 0. The molecule has 0 saturated carbocycles. The minimum absolute atomic E-state index is 0.00694. The molecule has 2 fully saturated rings. The summed E-state index contributed by atoms with van der Waals surface area (Å²) in [5, 5.41) is 3.72. The van der Waals surface area contributed by atoms with Gasteiger partial charge in [-0.25, -0.2) is 0 Å². The minimum atomic E-state index is -0.00694. The topological polar surface area (TPSA) is 29.1 Å². The zero-order valence-corrected chi connectivity index (χ0v) is 9.33. The Morgan fingerprint density at radius 1 is 1.54 bits per heavy atom. The standard InChI is InChI=1S/C10H17NOS/c1-7-10(4-5-13-7)6-8(12)11-9(10,2)3/h7H,4-6H2,1-3H3,(H,11,12). The highest BCUT2D eigenvalue weighted by Crippen LogP contribution is 2.54. The lowest BCUT2D eigenvalue weighted by Crippen LogP contribution is -2.49. The van der Waals surface area contributed by atoms with Gasteiger partial charge in [0.1, 0.15) is 0 Å². The fourth-order valence-electron chi connectivity index (χ4n) is 2.86. The zero-order valence-electron chi connectivity index (χ0n) is 8.52. The summed E-state index contributed by atoms with van der Waals surface area (Å²) in [7, 11) is 0. The van der Waals surface area contributed by atoms with Crippen LogP contribution in [-0.4, -0.2) is 22.4 Å². The first kappa shape index (κ1) is 9.38. The van der Waals surface area contributed by atoms with Crippen molar-refractivity contribution in [3.8, 4) is 0 Å². The number of carbonyl (C=O) groups excluding carboxylic acids is 1. The van der Waals surface area contributed by atoms with Gasteiger partial charge in [0, 0.05) is 22.6 Å². The van der Waals surface area contributed by atoms with E-state index in [1.54, 1.807) is 0 Å². The van der Waals surface area contributed by atoms with E-state index in [-0.39, 0.29) is 16.9 Å². The SMILES string of the molecule is CC1SCCC12CC(=O)NC2(C)C. The van der Waals surface area contributed by atoms with Crippen LogP contribution < -0.4 is 5.32 Å². The normalized spacial score (nSPS) is 42.7. The molecule has 3 heteroatoms. The summed E-state index contributed by atoms with van der Waals surface area (Å²) in [4.78, 5) is 11.4. The smallest absolute Gasteiger partial charge is 0.221 e. The van der Waals surface area contributed by atoms with Crippen LogP contribution in [0.15, 0.2) is 0 Å². The molecule has 2 atom stereocenters. The van der Waals surface area contributed by atoms with Crippen molar-refractivity contribution in [1.29, 1.82) is 0 Å². The van der Waals surface area contributed by atoms with Crippen molar-refractivity contribution in [2.24, 2.45) is 5.41 Å². The maximum absolute atomic E-state index is 11.4. The minimum Gasteiger partial charge on any atom is -0.351 e. The summed E-state index contributed by atoms with van der Waals surface area (Å²) in [5.41, 5.74) is 0.210. The fraction of sp³-hybridized carbons (Fsp3) is 0.900. The average molecular weight is 199 g/mol. The van der Waals surface area contributed by atoms with E-state index in [0.29, 0.717) is 5.25 Å². The Bertz CT molecular complexity index is 251. The van der Waals surface area contributed by atoms with Crippen LogP contribution in [0.4, 0.5) is 0 Å². The summed E-state index contributed by atoms with van der Waals surface area (Å²) in [5.74, 6) is 1.44. The van der Waals surface area contributed by atoms with Crippen LogP contribution in [0.3, 0.4) is 0 Å². The van der Waals surface area contributed by atoms with E-state index in [2.05, 4.69) is 26.1 Å². The number of amides is 1. The largest absolute Gasteiger partial charge is 0.351 e. The van der Waals surface area contributed by atoms with Gasteiger partial charge in [-0.05, 0) is 26.0 Å². The highest BCUT2D eigenvalue weighted by Gasteiger charge is 2.57. The molecular weight excluding hydrogens is 182 g/mol. The molecule has 13 heavy (non-hydrogen) atoms. The predicted octanol–water partition coefficient (Wildman–Crippen LogP) is 1.80. The van der Waals surface area contributed by atoms with E-state index in [9.17, 15) is 4.79 Å². The van der Waals surface area contributed by atoms with Crippen LogP contribution in [0.5, 0.6) is 0 Å². The average Bonchev–Trinajstić information content (AvgIpc) is 2.41. The number of carbonyl (C=O) groups is 1. The van der Waals surface area contributed by atoms with Gasteiger partial charge in [-0.15, -0.1) is 0 Å². The zero-order chi connectivity index (χ0) is 9.69.